The van der Waals surface area contributed by atoms with E-state index in [-0.39, 0.29) is 0 Å². The van der Waals surface area contributed by atoms with Crippen molar-refractivity contribution in [2.75, 3.05) is 7.05 Å². The van der Waals surface area contributed by atoms with Crippen molar-refractivity contribution in [3.63, 3.8) is 0 Å². The molecule has 0 amide bonds. The Morgan fingerprint density at radius 1 is 1.36 bits per heavy atom. The Kier molecular flexibility index (Phi) is 5.81. The average Bonchev–Trinajstić information content (AvgIpc) is 2.03. The third-order valence-corrected chi connectivity index (χ3v) is 1.91. The lowest BCUT2D eigenvalue weighted by Crippen LogP contribution is -1.92. The molecule has 0 heterocycles. The van der Waals surface area contributed by atoms with E-state index in [1.807, 2.05) is 7.05 Å². The van der Waals surface area contributed by atoms with Gasteiger partial charge in [-0.25, -0.2) is 0 Å². The van der Waals surface area contributed by atoms with Gasteiger partial charge in [0.2, 0.25) is 0 Å². The van der Waals surface area contributed by atoms with Gasteiger partial charge in [0.15, 0.2) is 0 Å². The van der Waals surface area contributed by atoms with E-state index >= 15 is 0 Å². The number of hydrogen-bond donors (Lipinski definition) is 0. The van der Waals surface area contributed by atoms with Gasteiger partial charge in [-0.1, -0.05) is 25.8 Å². The summed E-state index contributed by atoms with van der Waals surface area (Å²) in [5, 5.41) is 0. The predicted octanol–water partition coefficient (Wildman–Crippen LogP) is 3.21. The van der Waals surface area contributed by atoms with Crippen LogP contribution in [0.3, 0.4) is 0 Å². The summed E-state index contributed by atoms with van der Waals surface area (Å²) in [4.78, 5) is 4.12. The largest absolute Gasteiger partial charge is 0.293 e. The normalized spacial score (nSPS) is 13.8. The first-order chi connectivity index (χ1) is 5.22. The molecule has 0 rings (SSSR count). The molecule has 0 atom stereocenters. The third kappa shape index (κ3) is 4.77. The molecule has 11 heavy (non-hydrogen) atoms. The molecule has 0 fully saturated rings. The highest BCUT2D eigenvalue weighted by Crippen LogP contribution is 2.02. The van der Waals surface area contributed by atoms with Crippen LogP contribution in [-0.4, -0.2) is 12.8 Å². The monoisotopic (exact) mass is 153 g/mol. The molecule has 1 heteroatoms. The van der Waals surface area contributed by atoms with Crippen LogP contribution in [0.1, 0.15) is 40.0 Å². The first kappa shape index (κ1) is 10.4. The Morgan fingerprint density at radius 2 is 2.00 bits per heavy atom. The molecule has 0 unspecified atom stereocenters. The van der Waals surface area contributed by atoms with E-state index in [1.54, 1.807) is 0 Å². The number of nitrogens with zero attached hydrogens (tertiary/aromatic N) is 1. The predicted molar refractivity (Wildman–Crippen MR) is 52.3 cm³/mol. The van der Waals surface area contributed by atoms with Crippen LogP contribution in [0.15, 0.2) is 16.6 Å². The van der Waals surface area contributed by atoms with Crippen molar-refractivity contribution in [1.82, 2.24) is 0 Å². The molecular weight excluding hydrogens is 134 g/mol. The highest BCUT2D eigenvalue weighted by Gasteiger charge is 1.90. The molecule has 0 radical (unpaired) electrons. The Balaban J connectivity index is 3.81. The van der Waals surface area contributed by atoms with Crippen LogP contribution in [-0.2, 0) is 0 Å². The van der Waals surface area contributed by atoms with Crippen molar-refractivity contribution in [2.24, 2.45) is 4.99 Å². The van der Waals surface area contributed by atoms with Gasteiger partial charge in [0, 0.05) is 12.8 Å². The van der Waals surface area contributed by atoms with Gasteiger partial charge in [-0.3, -0.25) is 4.99 Å². The first-order valence-electron chi connectivity index (χ1n) is 4.32. The maximum absolute atomic E-state index is 4.12. The van der Waals surface area contributed by atoms with Gasteiger partial charge in [-0.15, -0.1) is 0 Å². The van der Waals surface area contributed by atoms with Crippen LogP contribution in [0.2, 0.25) is 0 Å². The zero-order valence-corrected chi connectivity index (χ0v) is 8.15. The van der Waals surface area contributed by atoms with Crippen LogP contribution in [0.25, 0.3) is 0 Å². The van der Waals surface area contributed by atoms with E-state index in [1.165, 1.54) is 24.8 Å². The van der Waals surface area contributed by atoms with Gasteiger partial charge in [0.05, 0.1) is 0 Å². The molecule has 0 aromatic carbocycles. The lowest BCUT2D eigenvalue weighted by Gasteiger charge is -1.98. The Morgan fingerprint density at radius 3 is 2.45 bits per heavy atom. The fourth-order valence-corrected chi connectivity index (χ4v) is 0.847. The maximum atomic E-state index is 4.12. The van der Waals surface area contributed by atoms with E-state index < -0.39 is 0 Å². The molecular formula is C10H19N. The lowest BCUT2D eigenvalue weighted by molar-refractivity contribution is 0.812. The Labute approximate surface area is 70.2 Å². The molecule has 0 spiro atoms. The van der Waals surface area contributed by atoms with E-state index in [4.69, 9.17) is 0 Å². The minimum absolute atomic E-state index is 1.15. The lowest BCUT2D eigenvalue weighted by atomic mass is 10.1. The van der Waals surface area contributed by atoms with Gasteiger partial charge >= 0.3 is 0 Å². The van der Waals surface area contributed by atoms with Crippen LogP contribution in [0.4, 0.5) is 0 Å². The molecule has 64 valence electrons. The summed E-state index contributed by atoms with van der Waals surface area (Å²) in [5.41, 5.74) is 2.47. The molecule has 0 aliphatic carbocycles. The second-order valence-electron chi connectivity index (χ2n) is 2.84. The second-order valence-corrected chi connectivity index (χ2v) is 2.84. The van der Waals surface area contributed by atoms with Gasteiger partial charge in [0.1, 0.15) is 0 Å². The van der Waals surface area contributed by atoms with Gasteiger partial charge in [-0.2, -0.15) is 0 Å². The van der Waals surface area contributed by atoms with Gasteiger partial charge in [0.25, 0.3) is 0 Å². The van der Waals surface area contributed by atoms with E-state index in [2.05, 4.69) is 31.8 Å². The van der Waals surface area contributed by atoms with E-state index in [9.17, 15) is 0 Å². The summed E-state index contributed by atoms with van der Waals surface area (Å²) in [6, 6.07) is 0. The summed E-state index contributed by atoms with van der Waals surface area (Å²) < 4.78 is 0. The van der Waals surface area contributed by atoms with Crippen molar-refractivity contribution >= 4 is 5.71 Å². The number of hydrogen-bond acceptors (Lipinski definition) is 1. The number of aliphatic imine (C=N–C) groups is 1. The standard InChI is InChI=1S/C10H19N/c1-5-6-7-8-9(2)10(3)11-4/h8H,5-7H2,1-4H3/b9-8-,11-10?. The fourth-order valence-electron chi connectivity index (χ4n) is 0.847. The molecule has 0 aromatic heterocycles. The topological polar surface area (TPSA) is 12.4 Å². The summed E-state index contributed by atoms with van der Waals surface area (Å²) >= 11 is 0. The molecule has 0 aliphatic rings. The summed E-state index contributed by atoms with van der Waals surface area (Å²) in [5.74, 6) is 0. The quantitative estimate of drug-likeness (QED) is 0.434. The molecule has 0 saturated heterocycles. The highest BCUT2D eigenvalue weighted by atomic mass is 14.7. The number of unbranched alkanes of at least 4 members (excludes halogenated alkanes) is 2. The molecule has 1 nitrogen and oxygen atoms in total. The molecule has 0 aliphatic heterocycles. The Hall–Kier alpha value is -0.590. The molecule has 0 saturated carbocycles. The SMILES string of the molecule is CCCC/C=C(/C)C(C)=NC. The van der Waals surface area contributed by atoms with Gasteiger partial charge in [-0.05, 0) is 25.8 Å². The number of rotatable bonds is 4. The number of allylic oxidation sites excluding steroid dienone is 2. The minimum Gasteiger partial charge on any atom is -0.293 e. The minimum atomic E-state index is 1.15. The van der Waals surface area contributed by atoms with E-state index in [0.717, 1.165) is 5.71 Å². The van der Waals surface area contributed by atoms with Crippen molar-refractivity contribution in [3.8, 4) is 0 Å². The average molecular weight is 153 g/mol. The van der Waals surface area contributed by atoms with E-state index in [0.29, 0.717) is 0 Å². The molecule has 0 N–H and O–H groups in total. The Bertz CT molecular complexity index is 154. The smallest absolute Gasteiger partial charge is 0.0339 e. The third-order valence-electron chi connectivity index (χ3n) is 1.91. The van der Waals surface area contributed by atoms with Crippen molar-refractivity contribution < 1.29 is 0 Å². The van der Waals surface area contributed by atoms with Crippen molar-refractivity contribution in [2.45, 2.75) is 40.0 Å². The van der Waals surface area contributed by atoms with Crippen LogP contribution in [0.5, 0.6) is 0 Å². The van der Waals surface area contributed by atoms with Crippen LogP contribution < -0.4 is 0 Å². The maximum Gasteiger partial charge on any atom is 0.0339 e. The fraction of sp³-hybridized carbons (Fsp3) is 0.700. The molecule has 0 bridgehead atoms. The second kappa shape index (κ2) is 6.14. The van der Waals surface area contributed by atoms with Gasteiger partial charge < -0.3 is 0 Å². The van der Waals surface area contributed by atoms with Crippen LogP contribution in [0, 0.1) is 0 Å². The zero-order valence-electron chi connectivity index (χ0n) is 8.15. The zero-order chi connectivity index (χ0) is 8.69. The summed E-state index contributed by atoms with van der Waals surface area (Å²) in [7, 11) is 1.84. The molecule has 0 aromatic rings. The summed E-state index contributed by atoms with van der Waals surface area (Å²) in [6.07, 6.45) is 6.02. The first-order valence-corrected chi connectivity index (χ1v) is 4.32. The van der Waals surface area contributed by atoms with Crippen molar-refractivity contribution in [1.29, 1.82) is 0 Å². The highest BCUT2D eigenvalue weighted by molar-refractivity contribution is 5.97. The summed E-state index contributed by atoms with van der Waals surface area (Å²) in [6.45, 7) is 6.39. The van der Waals surface area contributed by atoms with Crippen molar-refractivity contribution in [3.05, 3.63) is 11.6 Å². The van der Waals surface area contributed by atoms with Crippen LogP contribution >= 0.6 is 0 Å².